The molecule has 0 aliphatic carbocycles. The summed E-state index contributed by atoms with van der Waals surface area (Å²) in [5, 5.41) is 12.3. The van der Waals surface area contributed by atoms with E-state index in [1.54, 1.807) is 12.1 Å². The van der Waals surface area contributed by atoms with Crippen molar-refractivity contribution in [2.24, 2.45) is 5.92 Å². The van der Waals surface area contributed by atoms with Gasteiger partial charge in [0.2, 0.25) is 0 Å². The molecule has 4 heteroatoms. The lowest BCUT2D eigenvalue weighted by molar-refractivity contribution is 0.0697. The minimum absolute atomic E-state index is 0.306. The van der Waals surface area contributed by atoms with E-state index < -0.39 is 5.97 Å². The molecule has 1 rings (SSSR count). The molecular weight excluding hydrogens is 294 g/mol. The number of benzene rings is 1. The maximum absolute atomic E-state index is 10.8. The number of carbonyl (C=O) groups is 1. The van der Waals surface area contributed by atoms with Gasteiger partial charge in [-0.1, -0.05) is 42.3 Å². The van der Waals surface area contributed by atoms with E-state index in [1.807, 2.05) is 6.07 Å². The summed E-state index contributed by atoms with van der Waals surface area (Å²) in [6.45, 7) is 7.32. The Kier molecular flexibility index (Phi) is 5.82. The number of aromatic carboxylic acids is 1. The number of hydrogen-bond acceptors (Lipinski definition) is 2. The largest absolute Gasteiger partial charge is 0.478 e. The van der Waals surface area contributed by atoms with Crippen LogP contribution in [0.25, 0.3) is 0 Å². The van der Waals surface area contributed by atoms with Gasteiger partial charge < -0.3 is 10.4 Å². The summed E-state index contributed by atoms with van der Waals surface area (Å²) in [5.41, 5.74) is 1.38. The van der Waals surface area contributed by atoms with Gasteiger partial charge >= 0.3 is 5.97 Å². The van der Waals surface area contributed by atoms with Crippen molar-refractivity contribution in [3.05, 3.63) is 33.8 Å². The summed E-state index contributed by atoms with van der Waals surface area (Å²) in [5.74, 6) is -0.273. The van der Waals surface area contributed by atoms with Gasteiger partial charge in [-0.25, -0.2) is 4.79 Å². The Labute approximate surface area is 117 Å². The molecule has 0 spiro atoms. The number of carboxylic acids is 1. The van der Waals surface area contributed by atoms with E-state index in [4.69, 9.17) is 5.11 Å². The zero-order valence-electron chi connectivity index (χ0n) is 11.0. The molecular formula is C14H20BrNO2. The zero-order chi connectivity index (χ0) is 13.7. The summed E-state index contributed by atoms with van der Waals surface area (Å²) in [7, 11) is 0. The minimum atomic E-state index is -0.900. The molecule has 0 aliphatic heterocycles. The molecule has 0 aliphatic rings. The van der Waals surface area contributed by atoms with Crippen molar-refractivity contribution in [3.63, 3.8) is 0 Å². The Morgan fingerprint density at radius 3 is 2.61 bits per heavy atom. The average molecular weight is 314 g/mol. The quantitative estimate of drug-likeness (QED) is 0.842. The normalized spacial score (nSPS) is 14.2. The van der Waals surface area contributed by atoms with Gasteiger partial charge in [-0.15, -0.1) is 0 Å². The van der Waals surface area contributed by atoms with Gasteiger partial charge in [0.15, 0.2) is 0 Å². The second-order valence-electron chi connectivity index (χ2n) is 4.67. The Balaban J connectivity index is 2.66. The molecule has 0 amide bonds. The molecule has 2 atom stereocenters. The number of rotatable bonds is 6. The molecule has 1 aromatic rings. The molecule has 100 valence electrons. The van der Waals surface area contributed by atoms with Crippen LogP contribution in [0.4, 0.5) is 0 Å². The summed E-state index contributed by atoms with van der Waals surface area (Å²) in [6, 6.07) is 5.58. The van der Waals surface area contributed by atoms with Crippen molar-refractivity contribution in [3.8, 4) is 0 Å². The first kappa shape index (κ1) is 15.2. The predicted octanol–water partition coefficient (Wildman–Crippen LogP) is 3.67. The van der Waals surface area contributed by atoms with Gasteiger partial charge in [0.05, 0.1) is 5.56 Å². The Hall–Kier alpha value is -0.870. The molecule has 18 heavy (non-hydrogen) atoms. The smallest absolute Gasteiger partial charge is 0.335 e. The number of carboxylic acid groups (broad SMARTS) is 1. The fourth-order valence-corrected chi connectivity index (χ4v) is 2.17. The van der Waals surface area contributed by atoms with Crippen LogP contribution in [0.5, 0.6) is 0 Å². The van der Waals surface area contributed by atoms with Crippen LogP contribution in [0.3, 0.4) is 0 Å². The van der Waals surface area contributed by atoms with Crippen LogP contribution < -0.4 is 5.32 Å². The van der Waals surface area contributed by atoms with E-state index in [0.717, 1.165) is 23.0 Å². The summed E-state index contributed by atoms with van der Waals surface area (Å²) in [4.78, 5) is 10.8. The molecule has 0 radical (unpaired) electrons. The van der Waals surface area contributed by atoms with Crippen LogP contribution in [0.2, 0.25) is 0 Å². The minimum Gasteiger partial charge on any atom is -0.478 e. The molecule has 0 fully saturated rings. The van der Waals surface area contributed by atoms with Gasteiger partial charge in [-0.05, 0) is 30.5 Å². The van der Waals surface area contributed by atoms with E-state index in [0.29, 0.717) is 17.5 Å². The van der Waals surface area contributed by atoms with Crippen molar-refractivity contribution >= 4 is 21.9 Å². The Bertz CT molecular complexity index is 420. The van der Waals surface area contributed by atoms with Crippen LogP contribution >= 0.6 is 15.9 Å². The maximum atomic E-state index is 10.8. The number of hydrogen-bond donors (Lipinski definition) is 2. The molecule has 2 N–H and O–H groups in total. The molecule has 0 saturated heterocycles. The predicted molar refractivity (Wildman–Crippen MR) is 76.9 cm³/mol. The van der Waals surface area contributed by atoms with Crippen LogP contribution in [-0.2, 0) is 6.54 Å². The highest BCUT2D eigenvalue weighted by atomic mass is 79.9. The second-order valence-corrected chi connectivity index (χ2v) is 5.52. The van der Waals surface area contributed by atoms with Gasteiger partial charge in [-0.3, -0.25) is 0 Å². The first-order valence-corrected chi connectivity index (χ1v) is 7.00. The lowest BCUT2D eigenvalue weighted by atomic mass is 10.0. The third kappa shape index (κ3) is 4.10. The summed E-state index contributed by atoms with van der Waals surface area (Å²) >= 11 is 3.42. The molecule has 0 bridgehead atoms. The van der Waals surface area contributed by atoms with Crippen molar-refractivity contribution in [2.75, 3.05) is 0 Å². The molecule has 2 unspecified atom stereocenters. The molecule has 1 aromatic carbocycles. The Morgan fingerprint density at radius 1 is 1.44 bits per heavy atom. The Morgan fingerprint density at radius 2 is 2.11 bits per heavy atom. The van der Waals surface area contributed by atoms with Crippen molar-refractivity contribution in [1.29, 1.82) is 0 Å². The van der Waals surface area contributed by atoms with E-state index in [1.165, 1.54) is 0 Å². The highest BCUT2D eigenvalue weighted by Crippen LogP contribution is 2.19. The van der Waals surface area contributed by atoms with Crippen molar-refractivity contribution in [1.82, 2.24) is 5.32 Å². The van der Waals surface area contributed by atoms with Gasteiger partial charge in [0.25, 0.3) is 0 Å². The van der Waals surface area contributed by atoms with Crippen LogP contribution in [0.1, 0.15) is 43.1 Å². The van der Waals surface area contributed by atoms with E-state index >= 15 is 0 Å². The SMILES string of the molecule is CCC(C)C(C)NCc1ccc(C(=O)O)cc1Br. The highest BCUT2D eigenvalue weighted by molar-refractivity contribution is 9.10. The van der Waals surface area contributed by atoms with Gasteiger partial charge in [-0.2, -0.15) is 0 Å². The van der Waals surface area contributed by atoms with Crippen molar-refractivity contribution < 1.29 is 9.90 Å². The van der Waals surface area contributed by atoms with Crippen LogP contribution in [0.15, 0.2) is 22.7 Å². The fourth-order valence-electron chi connectivity index (χ4n) is 1.65. The summed E-state index contributed by atoms with van der Waals surface area (Å²) in [6.07, 6.45) is 1.15. The lowest BCUT2D eigenvalue weighted by Gasteiger charge is -2.20. The topological polar surface area (TPSA) is 49.3 Å². The fraction of sp³-hybridized carbons (Fsp3) is 0.500. The first-order valence-electron chi connectivity index (χ1n) is 6.20. The van der Waals surface area contributed by atoms with Crippen molar-refractivity contribution in [2.45, 2.75) is 39.8 Å². The second kappa shape index (κ2) is 6.90. The standard InChI is InChI=1S/C14H20BrNO2/c1-4-9(2)10(3)16-8-12-6-5-11(14(17)18)7-13(12)15/h5-7,9-10,16H,4,8H2,1-3H3,(H,17,18). The zero-order valence-corrected chi connectivity index (χ0v) is 12.6. The maximum Gasteiger partial charge on any atom is 0.335 e. The van der Waals surface area contributed by atoms with E-state index in [-0.39, 0.29) is 0 Å². The molecule has 0 aromatic heterocycles. The summed E-state index contributed by atoms with van der Waals surface area (Å²) < 4.78 is 0.839. The van der Waals surface area contributed by atoms with Gasteiger partial charge in [0.1, 0.15) is 0 Å². The molecule has 3 nitrogen and oxygen atoms in total. The monoisotopic (exact) mass is 313 g/mol. The number of halogens is 1. The third-order valence-electron chi connectivity index (χ3n) is 3.41. The first-order chi connectivity index (χ1) is 8.45. The average Bonchev–Trinajstić information content (AvgIpc) is 2.35. The van der Waals surface area contributed by atoms with Gasteiger partial charge in [0, 0.05) is 17.1 Å². The van der Waals surface area contributed by atoms with E-state index in [9.17, 15) is 4.79 Å². The highest BCUT2D eigenvalue weighted by Gasteiger charge is 2.11. The lowest BCUT2D eigenvalue weighted by Crippen LogP contribution is -2.31. The molecule has 0 heterocycles. The third-order valence-corrected chi connectivity index (χ3v) is 4.15. The van der Waals surface area contributed by atoms with Crippen LogP contribution in [0, 0.1) is 5.92 Å². The van der Waals surface area contributed by atoms with E-state index in [2.05, 4.69) is 42.0 Å². The van der Waals surface area contributed by atoms with Crippen LogP contribution in [-0.4, -0.2) is 17.1 Å². The molecule has 0 saturated carbocycles. The number of nitrogens with one attached hydrogen (secondary N) is 1.